The van der Waals surface area contributed by atoms with Gasteiger partial charge in [0.1, 0.15) is 5.75 Å². The Labute approximate surface area is 123 Å². The predicted molar refractivity (Wildman–Crippen MR) is 79.6 cm³/mol. The molecule has 0 saturated heterocycles. The van der Waals surface area contributed by atoms with E-state index in [0.717, 1.165) is 22.9 Å². The summed E-state index contributed by atoms with van der Waals surface area (Å²) in [5.74, 6) is -0.969. The van der Waals surface area contributed by atoms with E-state index < -0.39 is 11.6 Å². The highest BCUT2D eigenvalue weighted by Crippen LogP contribution is 2.31. The number of benzene rings is 2. The van der Waals surface area contributed by atoms with Crippen LogP contribution in [0.1, 0.15) is 29.7 Å². The molecule has 112 valence electrons. The van der Waals surface area contributed by atoms with Crippen LogP contribution < -0.4 is 10.1 Å². The second-order valence-corrected chi connectivity index (χ2v) is 4.91. The Morgan fingerprint density at radius 1 is 1.10 bits per heavy atom. The van der Waals surface area contributed by atoms with Gasteiger partial charge in [-0.3, -0.25) is 0 Å². The molecule has 0 heterocycles. The molecule has 0 fully saturated rings. The van der Waals surface area contributed by atoms with E-state index in [-0.39, 0.29) is 6.04 Å². The topological polar surface area (TPSA) is 21.3 Å². The van der Waals surface area contributed by atoms with Crippen molar-refractivity contribution in [2.75, 3.05) is 13.7 Å². The molecule has 4 heteroatoms. The maximum Gasteiger partial charge on any atom is 0.159 e. The lowest BCUT2D eigenvalue weighted by Gasteiger charge is -2.22. The summed E-state index contributed by atoms with van der Waals surface area (Å²) in [6.07, 6.45) is 0. The third kappa shape index (κ3) is 3.39. The van der Waals surface area contributed by atoms with Crippen molar-refractivity contribution >= 4 is 0 Å². The Hall–Kier alpha value is -1.94. The maximum atomic E-state index is 13.5. The minimum atomic E-state index is -0.845. The van der Waals surface area contributed by atoms with Gasteiger partial charge in [-0.2, -0.15) is 0 Å². The van der Waals surface area contributed by atoms with Crippen LogP contribution in [0.2, 0.25) is 0 Å². The number of nitrogens with one attached hydrogen (secondary N) is 1. The first-order valence-electron chi connectivity index (χ1n) is 6.89. The molecule has 0 spiro atoms. The Kier molecular flexibility index (Phi) is 4.91. The van der Waals surface area contributed by atoms with Crippen LogP contribution >= 0.6 is 0 Å². The second kappa shape index (κ2) is 6.68. The summed E-state index contributed by atoms with van der Waals surface area (Å²) in [4.78, 5) is 0. The van der Waals surface area contributed by atoms with Crippen LogP contribution in [-0.2, 0) is 0 Å². The van der Waals surface area contributed by atoms with Crippen LogP contribution in [0.25, 0.3) is 0 Å². The number of ether oxygens (including phenoxy) is 1. The van der Waals surface area contributed by atoms with Gasteiger partial charge >= 0.3 is 0 Å². The lowest BCUT2D eigenvalue weighted by molar-refractivity contribution is 0.404. The maximum absolute atomic E-state index is 13.5. The summed E-state index contributed by atoms with van der Waals surface area (Å²) < 4.78 is 32.1. The Balaban J connectivity index is 2.52. The van der Waals surface area contributed by atoms with Gasteiger partial charge in [0.15, 0.2) is 11.6 Å². The number of hydrogen-bond donors (Lipinski definition) is 1. The molecular formula is C17H19F2NO. The summed E-state index contributed by atoms with van der Waals surface area (Å²) in [6, 6.07) is 9.55. The van der Waals surface area contributed by atoms with Crippen LogP contribution in [0.5, 0.6) is 5.75 Å². The molecule has 0 amide bonds. The lowest BCUT2D eigenvalue weighted by atomic mass is 9.96. The van der Waals surface area contributed by atoms with Gasteiger partial charge in [0.25, 0.3) is 0 Å². The predicted octanol–water partition coefficient (Wildman–Crippen LogP) is 3.98. The summed E-state index contributed by atoms with van der Waals surface area (Å²) in [5.41, 5.74) is 2.65. The Morgan fingerprint density at radius 2 is 1.86 bits per heavy atom. The molecule has 1 unspecified atom stereocenters. The molecule has 0 aliphatic rings. The van der Waals surface area contributed by atoms with E-state index in [1.165, 1.54) is 6.07 Å². The molecule has 2 aromatic carbocycles. The molecule has 21 heavy (non-hydrogen) atoms. The van der Waals surface area contributed by atoms with E-state index in [0.29, 0.717) is 12.1 Å². The van der Waals surface area contributed by atoms with E-state index in [2.05, 4.69) is 5.32 Å². The molecule has 1 N–H and O–H groups in total. The molecule has 0 aliphatic heterocycles. The number of methoxy groups -OCH3 is 1. The number of halogens is 2. The Morgan fingerprint density at radius 3 is 2.48 bits per heavy atom. The molecule has 0 aliphatic carbocycles. The molecule has 0 saturated carbocycles. The molecule has 2 aromatic rings. The smallest absolute Gasteiger partial charge is 0.159 e. The zero-order chi connectivity index (χ0) is 15.4. The third-order valence-corrected chi connectivity index (χ3v) is 3.38. The molecule has 0 bridgehead atoms. The fourth-order valence-electron chi connectivity index (χ4n) is 2.38. The van der Waals surface area contributed by atoms with Crippen LogP contribution in [-0.4, -0.2) is 13.7 Å². The second-order valence-electron chi connectivity index (χ2n) is 4.91. The van der Waals surface area contributed by atoms with Crippen molar-refractivity contribution in [3.63, 3.8) is 0 Å². The van der Waals surface area contributed by atoms with Crippen LogP contribution in [0, 0.1) is 18.6 Å². The summed E-state index contributed by atoms with van der Waals surface area (Å²) in [7, 11) is 1.60. The highest BCUT2D eigenvalue weighted by molar-refractivity contribution is 5.44. The van der Waals surface area contributed by atoms with E-state index >= 15 is 0 Å². The van der Waals surface area contributed by atoms with Gasteiger partial charge in [-0.15, -0.1) is 0 Å². The van der Waals surface area contributed by atoms with Gasteiger partial charge in [0.2, 0.25) is 0 Å². The van der Waals surface area contributed by atoms with Gasteiger partial charge in [0.05, 0.1) is 13.2 Å². The van der Waals surface area contributed by atoms with Gasteiger partial charge in [-0.1, -0.05) is 30.7 Å². The largest absolute Gasteiger partial charge is 0.496 e. The third-order valence-electron chi connectivity index (χ3n) is 3.38. The molecular weight excluding hydrogens is 272 g/mol. The fourth-order valence-corrected chi connectivity index (χ4v) is 2.38. The highest BCUT2D eigenvalue weighted by atomic mass is 19.2. The summed E-state index contributed by atoms with van der Waals surface area (Å²) in [6.45, 7) is 4.65. The normalized spacial score (nSPS) is 12.2. The zero-order valence-electron chi connectivity index (χ0n) is 12.4. The lowest BCUT2D eigenvalue weighted by Crippen LogP contribution is -2.23. The first-order valence-corrected chi connectivity index (χ1v) is 6.89. The van der Waals surface area contributed by atoms with Crippen LogP contribution in [0.4, 0.5) is 8.78 Å². The van der Waals surface area contributed by atoms with E-state index in [1.54, 1.807) is 13.2 Å². The van der Waals surface area contributed by atoms with Gasteiger partial charge in [-0.05, 0) is 37.2 Å². The van der Waals surface area contributed by atoms with E-state index in [1.807, 2.05) is 32.0 Å². The van der Waals surface area contributed by atoms with E-state index in [9.17, 15) is 8.78 Å². The number of aryl methyl sites for hydroxylation is 1. The first-order chi connectivity index (χ1) is 10.1. The SMILES string of the molecule is CCNC(c1ccc(F)c(F)c1)c1cc(C)ccc1OC. The van der Waals surface area contributed by atoms with Gasteiger partial charge < -0.3 is 10.1 Å². The number of rotatable bonds is 5. The molecule has 0 aromatic heterocycles. The van der Waals surface area contributed by atoms with Crippen molar-refractivity contribution < 1.29 is 13.5 Å². The molecule has 2 rings (SSSR count). The van der Waals surface area contributed by atoms with Crippen LogP contribution in [0.3, 0.4) is 0 Å². The van der Waals surface area contributed by atoms with Crippen molar-refractivity contribution in [3.05, 3.63) is 64.7 Å². The van der Waals surface area contributed by atoms with Crippen molar-refractivity contribution in [3.8, 4) is 5.75 Å². The van der Waals surface area contributed by atoms with Crippen LogP contribution in [0.15, 0.2) is 36.4 Å². The average molecular weight is 291 g/mol. The fraction of sp³-hybridized carbons (Fsp3) is 0.294. The minimum absolute atomic E-state index is 0.250. The van der Waals surface area contributed by atoms with Crippen molar-refractivity contribution in [1.82, 2.24) is 5.32 Å². The average Bonchev–Trinajstić information content (AvgIpc) is 2.48. The standard InChI is InChI=1S/C17H19F2NO/c1-4-20-17(12-6-7-14(18)15(19)10-12)13-9-11(2)5-8-16(13)21-3/h5-10,17,20H,4H2,1-3H3. The first kappa shape index (κ1) is 15.4. The highest BCUT2D eigenvalue weighted by Gasteiger charge is 2.19. The summed E-state index contributed by atoms with van der Waals surface area (Å²) in [5, 5.41) is 3.29. The number of hydrogen-bond acceptors (Lipinski definition) is 2. The summed E-state index contributed by atoms with van der Waals surface area (Å²) >= 11 is 0. The Bertz CT molecular complexity index is 628. The molecule has 2 nitrogen and oxygen atoms in total. The molecule has 1 atom stereocenters. The quantitative estimate of drug-likeness (QED) is 0.899. The van der Waals surface area contributed by atoms with Gasteiger partial charge in [-0.25, -0.2) is 8.78 Å². The minimum Gasteiger partial charge on any atom is -0.496 e. The monoisotopic (exact) mass is 291 g/mol. The van der Waals surface area contributed by atoms with Gasteiger partial charge in [0, 0.05) is 5.56 Å². The van der Waals surface area contributed by atoms with Crippen molar-refractivity contribution in [2.45, 2.75) is 19.9 Å². The van der Waals surface area contributed by atoms with Crippen molar-refractivity contribution in [2.24, 2.45) is 0 Å². The molecule has 0 radical (unpaired) electrons. The zero-order valence-corrected chi connectivity index (χ0v) is 12.4. The van der Waals surface area contributed by atoms with Crippen molar-refractivity contribution in [1.29, 1.82) is 0 Å². The van der Waals surface area contributed by atoms with E-state index in [4.69, 9.17) is 4.74 Å².